The van der Waals surface area contributed by atoms with Crippen molar-refractivity contribution in [2.24, 2.45) is 0 Å². The van der Waals surface area contributed by atoms with Crippen molar-refractivity contribution in [1.29, 1.82) is 0 Å². The molecule has 0 aliphatic carbocycles. The summed E-state index contributed by atoms with van der Waals surface area (Å²) in [6.07, 6.45) is 0. The Morgan fingerprint density at radius 2 is 1.25 bits per heavy atom. The Morgan fingerprint density at radius 3 is 1.50 bits per heavy atom. The number of halogens is 4. The lowest BCUT2D eigenvalue weighted by Gasteiger charge is -2.02. The summed E-state index contributed by atoms with van der Waals surface area (Å²) in [7, 11) is 0. The van der Waals surface area contributed by atoms with Gasteiger partial charge >= 0.3 is 0 Å². The van der Waals surface area contributed by atoms with Gasteiger partial charge in [0.1, 0.15) is 11.6 Å². The standard InChI is InChI=1S/C8H6Br2F2/c9-3-5-1-7(11)6(4-10)2-8(5)12/h1-2H,3-4H2. The lowest BCUT2D eigenvalue weighted by Crippen LogP contribution is -1.93. The van der Waals surface area contributed by atoms with Gasteiger partial charge in [-0.2, -0.15) is 0 Å². The third-order valence-corrected chi connectivity index (χ3v) is 2.71. The van der Waals surface area contributed by atoms with E-state index in [0.717, 1.165) is 0 Å². The van der Waals surface area contributed by atoms with Gasteiger partial charge in [0.25, 0.3) is 0 Å². The first-order valence-corrected chi connectivity index (χ1v) is 5.52. The van der Waals surface area contributed by atoms with Crippen molar-refractivity contribution in [2.45, 2.75) is 10.7 Å². The molecule has 0 N–H and O–H groups in total. The number of alkyl halides is 2. The summed E-state index contributed by atoms with van der Waals surface area (Å²) in [5, 5.41) is 0.663. The summed E-state index contributed by atoms with van der Waals surface area (Å²) >= 11 is 6.14. The molecule has 0 aromatic heterocycles. The molecule has 12 heavy (non-hydrogen) atoms. The molecule has 4 heteroatoms. The van der Waals surface area contributed by atoms with Crippen LogP contribution in [0, 0.1) is 11.6 Å². The normalized spacial score (nSPS) is 10.3. The monoisotopic (exact) mass is 298 g/mol. The highest BCUT2D eigenvalue weighted by Gasteiger charge is 2.07. The fourth-order valence-corrected chi connectivity index (χ4v) is 1.69. The third-order valence-electron chi connectivity index (χ3n) is 1.50. The van der Waals surface area contributed by atoms with Crippen LogP contribution in [0.1, 0.15) is 11.1 Å². The van der Waals surface area contributed by atoms with Crippen molar-refractivity contribution in [3.63, 3.8) is 0 Å². The highest BCUT2D eigenvalue weighted by molar-refractivity contribution is 9.08. The van der Waals surface area contributed by atoms with Crippen LogP contribution in [0.25, 0.3) is 0 Å². The molecule has 66 valence electrons. The molecule has 0 radical (unpaired) electrons. The van der Waals surface area contributed by atoms with Crippen LogP contribution in [-0.4, -0.2) is 0 Å². The van der Waals surface area contributed by atoms with E-state index in [1.807, 2.05) is 0 Å². The minimum atomic E-state index is -0.372. The Morgan fingerprint density at radius 1 is 0.917 bits per heavy atom. The number of rotatable bonds is 2. The summed E-state index contributed by atoms with van der Waals surface area (Å²) in [6.45, 7) is 0. The average molecular weight is 300 g/mol. The molecular formula is C8H6Br2F2. The molecule has 1 aromatic carbocycles. The second-order valence-electron chi connectivity index (χ2n) is 2.30. The van der Waals surface area contributed by atoms with Gasteiger partial charge in [-0.1, -0.05) is 31.9 Å². The van der Waals surface area contributed by atoms with Crippen LogP contribution in [0.4, 0.5) is 8.78 Å². The SMILES string of the molecule is Fc1cc(CBr)c(F)cc1CBr. The zero-order valence-electron chi connectivity index (χ0n) is 6.08. The molecule has 0 saturated carbocycles. The second kappa shape index (κ2) is 4.33. The highest BCUT2D eigenvalue weighted by atomic mass is 79.9. The predicted molar refractivity (Wildman–Crippen MR) is 51.6 cm³/mol. The van der Waals surface area contributed by atoms with Crippen LogP contribution in [-0.2, 0) is 10.7 Å². The van der Waals surface area contributed by atoms with Crippen LogP contribution < -0.4 is 0 Å². The van der Waals surface area contributed by atoms with Gasteiger partial charge in [0.15, 0.2) is 0 Å². The molecule has 0 atom stereocenters. The second-order valence-corrected chi connectivity index (χ2v) is 3.42. The van der Waals surface area contributed by atoms with E-state index >= 15 is 0 Å². The van der Waals surface area contributed by atoms with E-state index in [0.29, 0.717) is 21.8 Å². The molecule has 0 bridgehead atoms. The van der Waals surface area contributed by atoms with Crippen LogP contribution in [0.5, 0.6) is 0 Å². The van der Waals surface area contributed by atoms with Crippen molar-refractivity contribution in [3.8, 4) is 0 Å². The summed E-state index contributed by atoms with van der Waals surface area (Å²) in [4.78, 5) is 0. The number of hydrogen-bond donors (Lipinski definition) is 0. The van der Waals surface area contributed by atoms with Gasteiger partial charge in [-0.3, -0.25) is 0 Å². The van der Waals surface area contributed by atoms with Crippen LogP contribution in [0.15, 0.2) is 12.1 Å². The molecule has 0 aliphatic rings. The average Bonchev–Trinajstić information content (AvgIpc) is 2.08. The molecule has 0 unspecified atom stereocenters. The van der Waals surface area contributed by atoms with Crippen molar-refractivity contribution in [2.75, 3.05) is 0 Å². The van der Waals surface area contributed by atoms with E-state index in [-0.39, 0.29) is 11.6 Å². The van der Waals surface area contributed by atoms with Gasteiger partial charge in [0.2, 0.25) is 0 Å². The first kappa shape index (κ1) is 10.1. The first-order chi connectivity index (χ1) is 5.69. The quantitative estimate of drug-likeness (QED) is 0.730. The van der Waals surface area contributed by atoms with Crippen molar-refractivity contribution in [1.82, 2.24) is 0 Å². The Kier molecular flexibility index (Phi) is 3.65. The van der Waals surface area contributed by atoms with Gasteiger partial charge in [0.05, 0.1) is 0 Å². The van der Waals surface area contributed by atoms with E-state index in [1.54, 1.807) is 0 Å². The molecule has 1 aromatic rings. The van der Waals surface area contributed by atoms with E-state index in [2.05, 4.69) is 31.9 Å². The van der Waals surface area contributed by atoms with E-state index in [9.17, 15) is 8.78 Å². The topological polar surface area (TPSA) is 0 Å². The van der Waals surface area contributed by atoms with E-state index in [1.165, 1.54) is 12.1 Å². The Hall–Kier alpha value is 0.0400. The fraction of sp³-hybridized carbons (Fsp3) is 0.250. The minimum Gasteiger partial charge on any atom is -0.207 e. The van der Waals surface area contributed by atoms with Gasteiger partial charge in [-0.25, -0.2) is 8.78 Å². The molecule has 0 spiro atoms. The van der Waals surface area contributed by atoms with Gasteiger partial charge in [-0.05, 0) is 12.1 Å². The van der Waals surface area contributed by atoms with E-state index in [4.69, 9.17) is 0 Å². The van der Waals surface area contributed by atoms with Gasteiger partial charge in [0, 0.05) is 21.8 Å². The molecular weight excluding hydrogens is 294 g/mol. The molecule has 0 fully saturated rings. The number of benzene rings is 1. The Bertz CT molecular complexity index is 257. The van der Waals surface area contributed by atoms with Crippen LogP contribution in [0.3, 0.4) is 0 Å². The van der Waals surface area contributed by atoms with Crippen molar-refractivity contribution < 1.29 is 8.78 Å². The predicted octanol–water partition coefficient (Wildman–Crippen LogP) is 3.75. The maximum Gasteiger partial charge on any atom is 0.127 e. The lowest BCUT2D eigenvalue weighted by atomic mass is 10.1. The molecule has 0 amide bonds. The summed E-state index contributed by atoms with van der Waals surface area (Å²) in [6, 6.07) is 2.42. The van der Waals surface area contributed by atoms with E-state index < -0.39 is 0 Å². The molecule has 0 nitrogen and oxygen atoms in total. The summed E-state index contributed by atoms with van der Waals surface area (Å²) in [5.41, 5.74) is 0.689. The lowest BCUT2D eigenvalue weighted by molar-refractivity contribution is 0.584. The van der Waals surface area contributed by atoms with Crippen molar-refractivity contribution in [3.05, 3.63) is 34.9 Å². The Labute approximate surface area is 86.2 Å². The molecule has 0 saturated heterocycles. The zero-order valence-corrected chi connectivity index (χ0v) is 9.25. The molecule has 1 rings (SSSR count). The summed E-state index contributed by atoms with van der Waals surface area (Å²) in [5.74, 6) is -0.745. The smallest absolute Gasteiger partial charge is 0.127 e. The highest BCUT2D eigenvalue weighted by Crippen LogP contribution is 2.18. The van der Waals surface area contributed by atoms with Crippen LogP contribution in [0.2, 0.25) is 0 Å². The first-order valence-electron chi connectivity index (χ1n) is 3.27. The summed E-state index contributed by atoms with van der Waals surface area (Å²) < 4.78 is 26.0. The van der Waals surface area contributed by atoms with Crippen molar-refractivity contribution >= 4 is 31.9 Å². The maximum absolute atomic E-state index is 13.0. The zero-order chi connectivity index (χ0) is 9.14. The minimum absolute atomic E-state index is 0.332. The van der Waals surface area contributed by atoms with Crippen LogP contribution >= 0.6 is 31.9 Å². The van der Waals surface area contributed by atoms with Gasteiger partial charge in [-0.15, -0.1) is 0 Å². The third kappa shape index (κ3) is 2.04. The number of hydrogen-bond acceptors (Lipinski definition) is 0. The Balaban J connectivity index is 3.16. The largest absolute Gasteiger partial charge is 0.207 e. The molecule has 0 heterocycles. The maximum atomic E-state index is 13.0. The molecule has 0 aliphatic heterocycles. The van der Waals surface area contributed by atoms with Gasteiger partial charge < -0.3 is 0 Å². The fourth-order valence-electron chi connectivity index (χ4n) is 0.834.